The van der Waals surface area contributed by atoms with Gasteiger partial charge in [0, 0.05) is 17.7 Å². The number of aryl methyl sites for hydroxylation is 1. The molecule has 2 heterocycles. The van der Waals surface area contributed by atoms with Gasteiger partial charge < -0.3 is 9.32 Å². The number of benzene rings is 1. The smallest absolute Gasteiger partial charge is 0.254 e. The highest BCUT2D eigenvalue weighted by atomic mass is 16.3. The van der Waals surface area contributed by atoms with Crippen molar-refractivity contribution in [1.82, 2.24) is 4.90 Å². The van der Waals surface area contributed by atoms with E-state index in [-0.39, 0.29) is 17.7 Å². The Kier molecular flexibility index (Phi) is 4.56. The molecule has 4 nitrogen and oxygen atoms in total. The van der Waals surface area contributed by atoms with E-state index in [0.717, 1.165) is 24.2 Å². The highest BCUT2D eigenvalue weighted by molar-refractivity contribution is 6.00. The van der Waals surface area contributed by atoms with E-state index < -0.39 is 0 Å². The molecule has 1 amide bonds. The number of carbonyl (C=O) groups excluding carboxylic acids is 2. The molecule has 24 heavy (non-hydrogen) atoms. The molecule has 1 aliphatic rings. The summed E-state index contributed by atoms with van der Waals surface area (Å²) in [6.45, 7) is 6.33. The van der Waals surface area contributed by atoms with Gasteiger partial charge in [-0.1, -0.05) is 13.0 Å². The van der Waals surface area contributed by atoms with Crippen LogP contribution in [-0.2, 0) is 0 Å². The van der Waals surface area contributed by atoms with Crippen molar-refractivity contribution in [2.45, 2.75) is 39.7 Å². The molecule has 4 heteroatoms. The standard InChI is InChI=1S/C20H23NO3/c1-13-8-9-21(18(11-13)19-5-4-10-24-19)20(23)16-7-6-14(2)17(12-16)15(3)22/h4-7,10,12-13,18H,8-9,11H2,1-3H3. The summed E-state index contributed by atoms with van der Waals surface area (Å²) in [7, 11) is 0. The summed E-state index contributed by atoms with van der Waals surface area (Å²) in [6, 6.07) is 9.12. The number of amides is 1. The zero-order chi connectivity index (χ0) is 17.3. The number of hydrogen-bond acceptors (Lipinski definition) is 3. The van der Waals surface area contributed by atoms with Crippen LogP contribution in [0.15, 0.2) is 41.0 Å². The summed E-state index contributed by atoms with van der Waals surface area (Å²) >= 11 is 0. The second kappa shape index (κ2) is 6.63. The largest absolute Gasteiger partial charge is 0.467 e. The predicted octanol–water partition coefficient (Wildman–Crippen LogP) is 4.40. The summed E-state index contributed by atoms with van der Waals surface area (Å²) in [5, 5.41) is 0. The van der Waals surface area contributed by atoms with Gasteiger partial charge in [0.15, 0.2) is 5.78 Å². The maximum Gasteiger partial charge on any atom is 0.254 e. The fourth-order valence-corrected chi connectivity index (χ4v) is 3.44. The Balaban J connectivity index is 1.93. The van der Waals surface area contributed by atoms with Crippen LogP contribution in [0.2, 0.25) is 0 Å². The van der Waals surface area contributed by atoms with Crippen LogP contribution >= 0.6 is 0 Å². The SMILES string of the molecule is CC(=O)c1cc(C(=O)N2CCC(C)CC2c2ccco2)ccc1C. The fourth-order valence-electron chi connectivity index (χ4n) is 3.44. The molecule has 0 radical (unpaired) electrons. The fraction of sp³-hybridized carbons (Fsp3) is 0.400. The molecular weight excluding hydrogens is 302 g/mol. The van der Waals surface area contributed by atoms with Crippen molar-refractivity contribution in [2.24, 2.45) is 5.92 Å². The van der Waals surface area contributed by atoms with E-state index in [2.05, 4.69) is 6.92 Å². The van der Waals surface area contributed by atoms with Gasteiger partial charge in [-0.2, -0.15) is 0 Å². The van der Waals surface area contributed by atoms with Crippen LogP contribution in [0.4, 0.5) is 0 Å². The normalized spacial score (nSPS) is 20.9. The molecule has 2 unspecified atom stereocenters. The zero-order valence-corrected chi connectivity index (χ0v) is 14.4. The number of Topliss-reactive ketones (excluding diaryl/α,β-unsaturated/α-hetero) is 1. The Morgan fingerprint density at radius 3 is 2.71 bits per heavy atom. The van der Waals surface area contributed by atoms with Gasteiger partial charge in [0.05, 0.1) is 12.3 Å². The first-order valence-electron chi connectivity index (χ1n) is 8.43. The third kappa shape index (κ3) is 3.14. The highest BCUT2D eigenvalue weighted by Gasteiger charge is 2.33. The number of carbonyl (C=O) groups is 2. The monoisotopic (exact) mass is 325 g/mol. The van der Waals surface area contributed by atoms with Crippen LogP contribution in [0.1, 0.15) is 64.8 Å². The molecule has 0 saturated carbocycles. The minimum Gasteiger partial charge on any atom is -0.467 e. The van der Waals surface area contributed by atoms with Gasteiger partial charge in [-0.3, -0.25) is 9.59 Å². The topological polar surface area (TPSA) is 50.5 Å². The van der Waals surface area contributed by atoms with Crippen LogP contribution in [0.5, 0.6) is 0 Å². The van der Waals surface area contributed by atoms with E-state index in [1.165, 1.54) is 6.92 Å². The van der Waals surface area contributed by atoms with Crippen molar-refractivity contribution in [1.29, 1.82) is 0 Å². The van der Waals surface area contributed by atoms with Crippen molar-refractivity contribution in [2.75, 3.05) is 6.54 Å². The minimum atomic E-state index is -0.0432. The van der Waals surface area contributed by atoms with Crippen LogP contribution in [-0.4, -0.2) is 23.1 Å². The van der Waals surface area contributed by atoms with Gasteiger partial charge >= 0.3 is 0 Å². The van der Waals surface area contributed by atoms with E-state index >= 15 is 0 Å². The Labute approximate surface area is 142 Å². The third-order valence-electron chi connectivity index (χ3n) is 4.86. The molecule has 1 aromatic heterocycles. The first kappa shape index (κ1) is 16.5. The summed E-state index contributed by atoms with van der Waals surface area (Å²) in [4.78, 5) is 26.7. The van der Waals surface area contributed by atoms with Crippen LogP contribution in [0.25, 0.3) is 0 Å². The third-order valence-corrected chi connectivity index (χ3v) is 4.86. The maximum atomic E-state index is 13.1. The molecule has 1 aromatic carbocycles. The number of piperidine rings is 1. The summed E-state index contributed by atoms with van der Waals surface area (Å²) in [5.74, 6) is 1.33. The Morgan fingerprint density at radius 2 is 2.04 bits per heavy atom. The summed E-state index contributed by atoms with van der Waals surface area (Å²) in [5.41, 5.74) is 2.08. The average molecular weight is 325 g/mol. The van der Waals surface area contributed by atoms with Gasteiger partial charge in [0.1, 0.15) is 5.76 Å². The van der Waals surface area contributed by atoms with E-state index in [1.54, 1.807) is 18.4 Å². The second-order valence-electron chi connectivity index (χ2n) is 6.75. The van der Waals surface area contributed by atoms with Crippen molar-refractivity contribution >= 4 is 11.7 Å². The molecular formula is C20H23NO3. The molecule has 1 saturated heterocycles. The number of ketones is 1. The predicted molar refractivity (Wildman–Crippen MR) is 92.1 cm³/mol. The van der Waals surface area contributed by atoms with Gasteiger partial charge in [-0.25, -0.2) is 0 Å². The molecule has 126 valence electrons. The van der Waals surface area contributed by atoms with Crippen molar-refractivity contribution in [3.63, 3.8) is 0 Å². The molecule has 2 atom stereocenters. The molecule has 3 rings (SSSR count). The van der Waals surface area contributed by atoms with Gasteiger partial charge in [0.2, 0.25) is 0 Å². The first-order valence-corrected chi connectivity index (χ1v) is 8.43. The number of likely N-dealkylation sites (tertiary alicyclic amines) is 1. The molecule has 1 fully saturated rings. The van der Waals surface area contributed by atoms with E-state index in [4.69, 9.17) is 4.42 Å². The number of furan rings is 1. The quantitative estimate of drug-likeness (QED) is 0.786. The average Bonchev–Trinajstić information content (AvgIpc) is 3.08. The number of nitrogens with zero attached hydrogens (tertiary/aromatic N) is 1. The van der Waals surface area contributed by atoms with Gasteiger partial charge in [-0.05, 0) is 62.4 Å². The van der Waals surface area contributed by atoms with E-state index in [1.807, 2.05) is 30.0 Å². The Morgan fingerprint density at radius 1 is 1.25 bits per heavy atom. The number of rotatable bonds is 3. The molecule has 0 spiro atoms. The lowest BCUT2D eigenvalue weighted by molar-refractivity contribution is 0.0521. The summed E-state index contributed by atoms with van der Waals surface area (Å²) < 4.78 is 5.57. The number of hydrogen-bond donors (Lipinski definition) is 0. The van der Waals surface area contributed by atoms with Gasteiger partial charge in [-0.15, -0.1) is 0 Å². The van der Waals surface area contributed by atoms with Crippen LogP contribution in [0, 0.1) is 12.8 Å². The molecule has 0 N–H and O–H groups in total. The summed E-state index contributed by atoms with van der Waals surface area (Å²) in [6.07, 6.45) is 3.52. The molecule has 1 aliphatic heterocycles. The van der Waals surface area contributed by atoms with Crippen LogP contribution in [0.3, 0.4) is 0 Å². The van der Waals surface area contributed by atoms with Crippen molar-refractivity contribution in [3.8, 4) is 0 Å². The van der Waals surface area contributed by atoms with E-state index in [0.29, 0.717) is 23.6 Å². The lowest BCUT2D eigenvalue weighted by Gasteiger charge is -2.37. The first-order chi connectivity index (χ1) is 11.5. The van der Waals surface area contributed by atoms with E-state index in [9.17, 15) is 9.59 Å². The van der Waals surface area contributed by atoms with Crippen LogP contribution < -0.4 is 0 Å². The maximum absolute atomic E-state index is 13.1. The lowest BCUT2D eigenvalue weighted by Crippen LogP contribution is -2.40. The zero-order valence-electron chi connectivity index (χ0n) is 14.4. The van der Waals surface area contributed by atoms with Gasteiger partial charge in [0.25, 0.3) is 5.91 Å². The Bertz CT molecular complexity index is 748. The molecule has 2 aromatic rings. The second-order valence-corrected chi connectivity index (χ2v) is 6.75. The lowest BCUT2D eigenvalue weighted by atomic mass is 9.90. The molecule has 0 bridgehead atoms. The van der Waals surface area contributed by atoms with Crippen molar-refractivity contribution in [3.05, 3.63) is 59.0 Å². The molecule has 0 aliphatic carbocycles. The minimum absolute atomic E-state index is 0.0167. The Hall–Kier alpha value is -2.36. The highest BCUT2D eigenvalue weighted by Crippen LogP contribution is 2.35. The van der Waals surface area contributed by atoms with Crippen molar-refractivity contribution < 1.29 is 14.0 Å².